The summed E-state index contributed by atoms with van der Waals surface area (Å²) >= 11 is 0. The Bertz CT molecular complexity index is 687. The van der Waals surface area contributed by atoms with Crippen LogP contribution in [0, 0.1) is 0 Å². The van der Waals surface area contributed by atoms with E-state index in [9.17, 15) is 19.5 Å². The summed E-state index contributed by atoms with van der Waals surface area (Å²) in [7, 11) is 0. The lowest BCUT2D eigenvalue weighted by Gasteiger charge is -2.13. The number of urea groups is 1. The first-order valence-electron chi connectivity index (χ1n) is 6.56. The first-order valence-corrected chi connectivity index (χ1v) is 6.56. The van der Waals surface area contributed by atoms with Gasteiger partial charge in [0.2, 0.25) is 0 Å². The molecule has 0 atom stereocenters. The van der Waals surface area contributed by atoms with Gasteiger partial charge in [0.05, 0.1) is 12.3 Å². The molecule has 0 radical (unpaired) electrons. The highest BCUT2D eigenvalue weighted by atomic mass is 16.5. The Morgan fingerprint density at radius 1 is 1.27 bits per heavy atom. The Balaban J connectivity index is 2.40. The normalized spacial score (nSPS) is 15.5. The van der Waals surface area contributed by atoms with Crippen molar-refractivity contribution in [2.75, 3.05) is 11.5 Å². The van der Waals surface area contributed by atoms with Gasteiger partial charge in [-0.2, -0.15) is 4.99 Å². The van der Waals surface area contributed by atoms with E-state index in [2.05, 4.69) is 4.99 Å². The summed E-state index contributed by atoms with van der Waals surface area (Å²) < 4.78 is 4.78. The third-order valence-corrected chi connectivity index (χ3v) is 2.90. The second-order valence-electron chi connectivity index (χ2n) is 4.40. The average Bonchev–Trinajstić information content (AvgIpc) is 2.75. The number of amides is 3. The molecule has 1 aromatic rings. The quantitative estimate of drug-likeness (QED) is 0.521. The van der Waals surface area contributed by atoms with Crippen molar-refractivity contribution in [3.05, 3.63) is 41.7 Å². The van der Waals surface area contributed by atoms with E-state index < -0.39 is 35.0 Å². The van der Waals surface area contributed by atoms with Gasteiger partial charge in [-0.15, -0.1) is 0 Å². The topological polar surface area (TPSA) is 96.3 Å². The number of hydrogen-bond donors (Lipinski definition) is 1. The lowest BCUT2D eigenvalue weighted by molar-refractivity contribution is -0.138. The van der Waals surface area contributed by atoms with Crippen molar-refractivity contribution in [1.82, 2.24) is 0 Å². The number of nitrogens with zero attached hydrogens (tertiary/aromatic N) is 2. The fourth-order valence-electron chi connectivity index (χ4n) is 1.97. The molecular formula is C15H14N2O5. The zero-order valence-electron chi connectivity index (χ0n) is 12.1. The monoisotopic (exact) mass is 302 g/mol. The minimum atomic E-state index is -0.905. The molecule has 1 heterocycles. The minimum Gasteiger partial charge on any atom is -0.512 e. The number of para-hydroxylation sites is 1. The zero-order chi connectivity index (χ0) is 16.3. The predicted molar refractivity (Wildman–Crippen MR) is 78.7 cm³/mol. The molecule has 7 heteroatoms. The molecule has 0 saturated carbocycles. The fourth-order valence-corrected chi connectivity index (χ4v) is 1.97. The highest BCUT2D eigenvalue weighted by molar-refractivity contribution is 6.61. The van der Waals surface area contributed by atoms with E-state index in [1.807, 2.05) is 0 Å². The van der Waals surface area contributed by atoms with Crippen molar-refractivity contribution in [2.45, 2.75) is 13.8 Å². The number of allylic oxidation sites excluding steroid dienone is 1. The number of aliphatic hydroxyl groups is 1. The van der Waals surface area contributed by atoms with Gasteiger partial charge in [0.25, 0.3) is 5.91 Å². The molecule has 0 aromatic heterocycles. The molecule has 1 aliphatic rings. The van der Waals surface area contributed by atoms with Gasteiger partial charge < -0.3 is 9.84 Å². The van der Waals surface area contributed by atoms with Crippen molar-refractivity contribution in [2.24, 2.45) is 4.99 Å². The summed E-state index contributed by atoms with van der Waals surface area (Å²) in [6.07, 6.45) is 0. The van der Waals surface area contributed by atoms with Gasteiger partial charge in [-0.1, -0.05) is 18.2 Å². The predicted octanol–water partition coefficient (Wildman–Crippen LogP) is 1.99. The van der Waals surface area contributed by atoms with Crippen LogP contribution >= 0.6 is 0 Å². The van der Waals surface area contributed by atoms with Gasteiger partial charge in [0.15, 0.2) is 5.71 Å². The Labute approximate surface area is 126 Å². The second-order valence-corrected chi connectivity index (χ2v) is 4.40. The van der Waals surface area contributed by atoms with Crippen LogP contribution in [0.4, 0.5) is 10.5 Å². The summed E-state index contributed by atoms with van der Waals surface area (Å²) in [5.74, 6) is -2.13. The van der Waals surface area contributed by atoms with Crippen LogP contribution in [0.1, 0.15) is 13.8 Å². The standard InChI is InChI=1S/C15H14N2O5/c1-3-22-14(20)11(9(2)18)12-13(19)17(15(21)16-12)10-7-5-4-6-8-10/h4-8,18H,3H2,1-2H3. The number of ether oxygens (including phenoxy) is 1. The zero-order valence-corrected chi connectivity index (χ0v) is 12.1. The van der Waals surface area contributed by atoms with Crippen LogP contribution < -0.4 is 4.90 Å². The number of esters is 1. The molecule has 0 spiro atoms. The molecule has 0 unspecified atom stereocenters. The van der Waals surface area contributed by atoms with Crippen LogP contribution in [0.3, 0.4) is 0 Å². The maximum Gasteiger partial charge on any atom is 0.355 e. The van der Waals surface area contributed by atoms with Crippen LogP contribution in [-0.4, -0.2) is 35.3 Å². The number of carbonyl (C=O) groups excluding carboxylic acids is 3. The van der Waals surface area contributed by atoms with Gasteiger partial charge in [-0.3, -0.25) is 4.79 Å². The van der Waals surface area contributed by atoms with Crippen LogP contribution in [0.15, 0.2) is 46.7 Å². The molecule has 1 N–H and O–H groups in total. The smallest absolute Gasteiger partial charge is 0.355 e. The number of anilines is 1. The molecule has 22 heavy (non-hydrogen) atoms. The average molecular weight is 302 g/mol. The van der Waals surface area contributed by atoms with Crippen molar-refractivity contribution >= 4 is 29.3 Å². The van der Waals surface area contributed by atoms with Crippen molar-refractivity contribution in [1.29, 1.82) is 0 Å². The molecule has 0 fully saturated rings. The van der Waals surface area contributed by atoms with Crippen LogP contribution in [-0.2, 0) is 14.3 Å². The van der Waals surface area contributed by atoms with E-state index in [-0.39, 0.29) is 6.61 Å². The first kappa shape index (κ1) is 15.4. The van der Waals surface area contributed by atoms with E-state index in [1.165, 1.54) is 6.92 Å². The van der Waals surface area contributed by atoms with Gasteiger partial charge in [0, 0.05) is 0 Å². The Hall–Kier alpha value is -2.96. The van der Waals surface area contributed by atoms with Crippen LogP contribution in [0.2, 0.25) is 0 Å². The van der Waals surface area contributed by atoms with E-state index in [0.717, 1.165) is 4.90 Å². The lowest BCUT2D eigenvalue weighted by atomic mass is 10.1. The molecule has 1 aromatic carbocycles. The highest BCUT2D eigenvalue weighted by Crippen LogP contribution is 2.22. The Morgan fingerprint density at radius 2 is 1.91 bits per heavy atom. The molecule has 1 aliphatic heterocycles. The van der Waals surface area contributed by atoms with Crippen LogP contribution in [0.25, 0.3) is 0 Å². The molecule has 0 saturated heterocycles. The van der Waals surface area contributed by atoms with E-state index >= 15 is 0 Å². The van der Waals surface area contributed by atoms with E-state index in [4.69, 9.17) is 4.74 Å². The van der Waals surface area contributed by atoms with Crippen LogP contribution in [0.5, 0.6) is 0 Å². The van der Waals surface area contributed by atoms with Gasteiger partial charge in [0.1, 0.15) is 11.3 Å². The number of aliphatic hydroxyl groups excluding tert-OH is 1. The molecular weight excluding hydrogens is 288 g/mol. The SMILES string of the molecule is CCOC(=O)C(C1=NC(=O)N(c2ccccc2)C1=O)=C(C)O. The lowest BCUT2D eigenvalue weighted by Crippen LogP contribution is -2.34. The van der Waals surface area contributed by atoms with E-state index in [0.29, 0.717) is 5.69 Å². The molecule has 0 aliphatic carbocycles. The fraction of sp³-hybridized carbons (Fsp3) is 0.200. The number of rotatable bonds is 4. The van der Waals surface area contributed by atoms with E-state index in [1.54, 1.807) is 37.3 Å². The molecule has 7 nitrogen and oxygen atoms in total. The number of benzene rings is 1. The number of carbonyl (C=O) groups is 3. The largest absolute Gasteiger partial charge is 0.512 e. The second kappa shape index (κ2) is 6.21. The summed E-state index contributed by atoms with van der Waals surface area (Å²) in [6, 6.07) is 7.36. The van der Waals surface area contributed by atoms with Gasteiger partial charge >= 0.3 is 12.0 Å². The summed E-state index contributed by atoms with van der Waals surface area (Å²) in [6.45, 7) is 2.87. The van der Waals surface area contributed by atoms with Gasteiger partial charge in [-0.25, -0.2) is 14.5 Å². The Kier molecular flexibility index (Phi) is 4.36. The maximum atomic E-state index is 12.4. The van der Waals surface area contributed by atoms with Crippen molar-refractivity contribution in [3.63, 3.8) is 0 Å². The first-order chi connectivity index (χ1) is 10.5. The minimum absolute atomic E-state index is 0.0629. The third-order valence-electron chi connectivity index (χ3n) is 2.90. The molecule has 3 amide bonds. The highest BCUT2D eigenvalue weighted by Gasteiger charge is 2.39. The summed E-state index contributed by atoms with van der Waals surface area (Å²) in [4.78, 5) is 40.6. The third kappa shape index (κ3) is 2.73. The number of hydrogen-bond acceptors (Lipinski definition) is 5. The van der Waals surface area contributed by atoms with Crippen molar-refractivity contribution in [3.8, 4) is 0 Å². The van der Waals surface area contributed by atoms with Crippen molar-refractivity contribution < 1.29 is 24.2 Å². The maximum absolute atomic E-state index is 12.4. The molecule has 114 valence electrons. The summed E-state index contributed by atoms with van der Waals surface area (Å²) in [5, 5.41) is 9.65. The number of imide groups is 1. The molecule has 0 bridgehead atoms. The molecule has 2 rings (SSSR count). The Morgan fingerprint density at radius 3 is 2.45 bits per heavy atom. The number of aliphatic imine (C=N–C) groups is 1. The van der Waals surface area contributed by atoms with Gasteiger partial charge in [-0.05, 0) is 26.0 Å². The summed E-state index contributed by atoms with van der Waals surface area (Å²) in [5.41, 5.74) is -0.499.